The van der Waals surface area contributed by atoms with Crippen LogP contribution in [0.15, 0.2) is 44.3 Å². The van der Waals surface area contributed by atoms with Crippen molar-refractivity contribution in [2.45, 2.75) is 42.4 Å². The maximum absolute atomic E-state index is 13.1. The quantitative estimate of drug-likeness (QED) is 0.310. The van der Waals surface area contributed by atoms with Crippen LogP contribution < -0.4 is 11.2 Å². The molecule has 176 valence electrons. The number of aromatic nitrogens is 8. The van der Waals surface area contributed by atoms with Gasteiger partial charge in [0.15, 0.2) is 16.6 Å². The molecule has 12 heteroatoms. The first-order valence-corrected chi connectivity index (χ1v) is 12.7. The molecule has 1 unspecified atom stereocenters. The number of fused-ring (bicyclic) bond motifs is 2. The summed E-state index contributed by atoms with van der Waals surface area (Å²) in [6.45, 7) is 6.04. The summed E-state index contributed by atoms with van der Waals surface area (Å²) in [6, 6.07) is 3.95. The van der Waals surface area contributed by atoms with Crippen LogP contribution in [0.1, 0.15) is 32.6 Å². The summed E-state index contributed by atoms with van der Waals surface area (Å²) in [7, 11) is 3.11. The normalized spacial score (nSPS) is 15.7. The maximum atomic E-state index is 13.1. The molecule has 0 saturated heterocycles. The number of thioether (sulfide) groups is 2. The highest BCUT2D eigenvalue weighted by molar-refractivity contribution is 8.00. The zero-order chi connectivity index (χ0) is 24.2. The van der Waals surface area contributed by atoms with Gasteiger partial charge in [0.1, 0.15) is 16.2 Å². The molecule has 0 bridgehead atoms. The summed E-state index contributed by atoms with van der Waals surface area (Å²) in [6.07, 6.45) is 3.51. The van der Waals surface area contributed by atoms with Crippen molar-refractivity contribution in [3.63, 3.8) is 0 Å². The van der Waals surface area contributed by atoms with Gasteiger partial charge in [-0.25, -0.2) is 14.8 Å². The third-order valence-corrected chi connectivity index (χ3v) is 7.91. The lowest BCUT2D eigenvalue weighted by molar-refractivity contribution is 0.539. The Morgan fingerprint density at radius 1 is 1.15 bits per heavy atom. The summed E-state index contributed by atoms with van der Waals surface area (Å²) < 4.78 is 4.66. The summed E-state index contributed by atoms with van der Waals surface area (Å²) >= 11 is 3.16. The number of aryl methyl sites for hydroxylation is 1. The lowest BCUT2D eigenvalue weighted by Crippen LogP contribution is -2.38. The van der Waals surface area contributed by atoms with Gasteiger partial charge < -0.3 is 0 Å². The predicted molar refractivity (Wildman–Crippen MR) is 132 cm³/mol. The monoisotopic (exact) mass is 496 g/mol. The number of pyridine rings is 1. The number of nitrogens with zero attached hydrogens (tertiary/aromatic N) is 8. The second-order valence-corrected chi connectivity index (χ2v) is 11.2. The Morgan fingerprint density at radius 2 is 1.94 bits per heavy atom. The molecule has 0 aromatic carbocycles. The van der Waals surface area contributed by atoms with E-state index in [9.17, 15) is 9.59 Å². The summed E-state index contributed by atoms with van der Waals surface area (Å²) in [5, 5.41) is 10.5. The molecule has 5 rings (SSSR count). The van der Waals surface area contributed by atoms with E-state index in [1.165, 1.54) is 23.4 Å². The van der Waals surface area contributed by atoms with E-state index < -0.39 is 5.69 Å². The number of hydrogen-bond donors (Lipinski definition) is 0. The zero-order valence-electron chi connectivity index (χ0n) is 19.5. The molecular formula is C22H24N8O2S2. The molecule has 0 aliphatic carbocycles. The first-order chi connectivity index (χ1) is 16.2. The Balaban J connectivity index is 1.57. The Kier molecular flexibility index (Phi) is 5.59. The van der Waals surface area contributed by atoms with Crippen LogP contribution in [0.5, 0.6) is 0 Å². The van der Waals surface area contributed by atoms with Crippen molar-refractivity contribution >= 4 is 34.6 Å². The van der Waals surface area contributed by atoms with Crippen LogP contribution in [0, 0.1) is 0 Å². The molecule has 34 heavy (non-hydrogen) atoms. The molecule has 10 nitrogen and oxygen atoms in total. The highest BCUT2D eigenvalue weighted by Gasteiger charge is 2.30. The van der Waals surface area contributed by atoms with Gasteiger partial charge in [-0.1, -0.05) is 32.5 Å². The second kappa shape index (κ2) is 8.35. The van der Waals surface area contributed by atoms with Crippen molar-refractivity contribution in [3.05, 3.63) is 51.2 Å². The van der Waals surface area contributed by atoms with Crippen LogP contribution >= 0.6 is 23.5 Å². The fraction of sp³-hybridized carbons (Fsp3) is 0.409. The van der Waals surface area contributed by atoms with Crippen LogP contribution in [0.25, 0.3) is 22.4 Å². The molecule has 1 aliphatic heterocycles. The Morgan fingerprint density at radius 3 is 2.65 bits per heavy atom. The van der Waals surface area contributed by atoms with Crippen LogP contribution in [0.3, 0.4) is 0 Å². The van der Waals surface area contributed by atoms with Crippen molar-refractivity contribution in [1.82, 2.24) is 38.9 Å². The van der Waals surface area contributed by atoms with Gasteiger partial charge in [-0.3, -0.25) is 23.5 Å². The lowest BCUT2D eigenvalue weighted by atomic mass is 9.96. The topological polar surface area (TPSA) is 113 Å². The summed E-state index contributed by atoms with van der Waals surface area (Å²) in [4.78, 5) is 39.3. The highest BCUT2D eigenvalue weighted by Crippen LogP contribution is 2.39. The van der Waals surface area contributed by atoms with Crippen molar-refractivity contribution in [2.24, 2.45) is 14.1 Å². The fourth-order valence-corrected chi connectivity index (χ4v) is 6.13. The third-order valence-electron chi connectivity index (χ3n) is 5.70. The van der Waals surface area contributed by atoms with Crippen molar-refractivity contribution in [1.29, 1.82) is 0 Å². The van der Waals surface area contributed by atoms with Crippen LogP contribution in [0.2, 0.25) is 0 Å². The van der Waals surface area contributed by atoms with E-state index in [4.69, 9.17) is 4.98 Å². The van der Waals surface area contributed by atoms with Gasteiger partial charge in [-0.15, -0.1) is 22.0 Å². The van der Waals surface area contributed by atoms with E-state index >= 15 is 0 Å². The molecule has 0 radical (unpaired) electrons. The number of rotatable bonds is 4. The number of hydrogen-bond acceptors (Lipinski definition) is 9. The standard InChI is InChI=1S/C22H24N8O2S2/c1-22(2,3)19-24-16-14(18(31)29(5)21(32)28(16)4)17(25-19)33-10-13-11-34-20-27-26-15(30(13)20)12-7-6-8-23-9-12/h6-9,13H,10-11H2,1-5H3. The van der Waals surface area contributed by atoms with Gasteiger partial charge in [0.25, 0.3) is 5.56 Å². The van der Waals surface area contributed by atoms with E-state index in [-0.39, 0.29) is 17.0 Å². The fourth-order valence-electron chi connectivity index (χ4n) is 3.81. The van der Waals surface area contributed by atoms with Crippen molar-refractivity contribution in [3.8, 4) is 11.4 Å². The SMILES string of the molecule is Cn1c(=O)c2c(SCC3CSc4nnc(-c5cccnc5)n43)nc(C(C)(C)C)nc2n(C)c1=O. The summed E-state index contributed by atoms with van der Waals surface area (Å²) in [5.41, 5.74) is 0.124. The Hall–Kier alpha value is -2.99. The molecule has 1 atom stereocenters. The van der Waals surface area contributed by atoms with E-state index in [1.807, 2.05) is 32.9 Å². The average Bonchev–Trinajstić information content (AvgIpc) is 3.42. The van der Waals surface area contributed by atoms with Gasteiger partial charge in [-0.05, 0) is 12.1 Å². The Labute approximate surface area is 203 Å². The largest absolute Gasteiger partial charge is 0.332 e. The Bertz CT molecular complexity index is 1520. The van der Waals surface area contributed by atoms with Crippen LogP contribution in [0.4, 0.5) is 0 Å². The molecule has 0 spiro atoms. The van der Waals surface area contributed by atoms with E-state index in [0.717, 1.165) is 26.9 Å². The van der Waals surface area contributed by atoms with Gasteiger partial charge in [0.05, 0.1) is 6.04 Å². The van der Waals surface area contributed by atoms with Crippen LogP contribution in [-0.4, -0.2) is 50.4 Å². The van der Waals surface area contributed by atoms with Gasteiger partial charge in [-0.2, -0.15) is 0 Å². The molecule has 4 aromatic rings. The van der Waals surface area contributed by atoms with Crippen LogP contribution in [-0.2, 0) is 19.5 Å². The van der Waals surface area contributed by atoms with E-state index in [1.54, 1.807) is 31.2 Å². The first kappa shape index (κ1) is 22.8. The molecule has 0 amide bonds. The molecule has 4 aromatic heterocycles. The summed E-state index contributed by atoms with van der Waals surface area (Å²) in [5.74, 6) is 2.87. The van der Waals surface area contributed by atoms with Gasteiger partial charge >= 0.3 is 5.69 Å². The van der Waals surface area contributed by atoms with E-state index in [0.29, 0.717) is 27.6 Å². The molecule has 0 N–H and O–H groups in total. The molecule has 0 fully saturated rings. The minimum absolute atomic E-state index is 0.106. The molecular weight excluding hydrogens is 472 g/mol. The smallest absolute Gasteiger partial charge is 0.297 e. The van der Waals surface area contributed by atoms with E-state index in [2.05, 4.69) is 24.7 Å². The molecule has 5 heterocycles. The van der Waals surface area contributed by atoms with Gasteiger partial charge in [0.2, 0.25) is 0 Å². The first-order valence-electron chi connectivity index (χ1n) is 10.8. The lowest BCUT2D eigenvalue weighted by Gasteiger charge is -2.20. The third kappa shape index (κ3) is 3.74. The molecule has 0 saturated carbocycles. The minimum atomic E-state index is -0.408. The average molecular weight is 497 g/mol. The molecule has 1 aliphatic rings. The van der Waals surface area contributed by atoms with Gasteiger partial charge in [0, 0.05) is 49.0 Å². The van der Waals surface area contributed by atoms with Crippen molar-refractivity contribution < 1.29 is 0 Å². The maximum Gasteiger partial charge on any atom is 0.332 e. The minimum Gasteiger partial charge on any atom is -0.297 e. The zero-order valence-corrected chi connectivity index (χ0v) is 21.1. The second-order valence-electron chi connectivity index (χ2n) is 9.20. The highest BCUT2D eigenvalue weighted by atomic mass is 32.2. The predicted octanol–water partition coefficient (Wildman–Crippen LogP) is 2.42. The van der Waals surface area contributed by atoms with Crippen molar-refractivity contribution in [2.75, 3.05) is 11.5 Å².